The van der Waals surface area contributed by atoms with Crippen molar-refractivity contribution in [3.8, 4) is 0 Å². The van der Waals surface area contributed by atoms with Crippen molar-refractivity contribution in [2.75, 3.05) is 0 Å². The largest absolute Gasteiger partial charge is 0.0958 e. The van der Waals surface area contributed by atoms with Crippen LogP contribution in [-0.4, -0.2) is 0 Å². The molecule has 0 saturated heterocycles. The maximum Gasteiger partial charge on any atom is -0.0244 e. The predicted molar refractivity (Wildman–Crippen MR) is 29.0 cm³/mol. The van der Waals surface area contributed by atoms with Crippen LogP contribution in [-0.2, 0) is 0 Å². The van der Waals surface area contributed by atoms with Gasteiger partial charge in [-0.25, -0.2) is 0 Å². The molecule has 0 nitrogen and oxygen atoms in total. The molecule has 0 heteroatoms. The van der Waals surface area contributed by atoms with Gasteiger partial charge in [0.1, 0.15) is 0 Å². The van der Waals surface area contributed by atoms with Crippen molar-refractivity contribution in [1.29, 1.82) is 0 Å². The van der Waals surface area contributed by atoms with Crippen molar-refractivity contribution in [3.63, 3.8) is 0 Å². The Hall–Kier alpha value is -0.520. The molecule has 2 radical (unpaired) electrons. The molecule has 0 aromatic rings. The fraction of sp³-hybridized carbons (Fsp3) is 0. The van der Waals surface area contributed by atoms with Gasteiger partial charge in [-0.05, 0) is 13.8 Å². The third-order valence-corrected chi connectivity index (χ3v) is 0.354. The highest BCUT2D eigenvalue weighted by molar-refractivity contribution is 5.17. The molecule has 0 spiro atoms. The van der Waals surface area contributed by atoms with Crippen molar-refractivity contribution in [2.45, 2.75) is 0 Å². The summed E-state index contributed by atoms with van der Waals surface area (Å²) in [4.78, 5) is 0. The van der Waals surface area contributed by atoms with Crippen LogP contribution < -0.4 is 0 Å². The molecule has 0 bridgehead atoms. The molecule has 32 valence electrons. The first kappa shape index (κ1) is 5.48. The van der Waals surface area contributed by atoms with E-state index in [2.05, 4.69) is 20.4 Å². The highest BCUT2D eigenvalue weighted by Gasteiger charge is 1.64. The second-order valence-electron chi connectivity index (χ2n) is 1.06. The van der Waals surface area contributed by atoms with Gasteiger partial charge in [-0.2, -0.15) is 0 Å². The van der Waals surface area contributed by atoms with Crippen molar-refractivity contribution in [3.05, 3.63) is 38.2 Å². The molecule has 0 fully saturated rings. The summed E-state index contributed by atoms with van der Waals surface area (Å²) < 4.78 is 0. The van der Waals surface area contributed by atoms with Crippen molar-refractivity contribution >= 4 is 0 Å². The van der Waals surface area contributed by atoms with E-state index >= 15 is 0 Å². The molecule has 0 atom stereocenters. The van der Waals surface area contributed by atoms with Crippen molar-refractivity contribution < 1.29 is 0 Å². The molecule has 0 heterocycles. The standard InChI is InChI=1S/C6H8/c1-4-5-6(2)3/h4-5H,1-3H2/b5-4+. The average Bonchev–Trinajstić information content (AvgIpc) is 1.35. The van der Waals surface area contributed by atoms with Gasteiger partial charge in [0.15, 0.2) is 0 Å². The molecule has 6 heavy (non-hydrogen) atoms. The van der Waals surface area contributed by atoms with E-state index in [1.165, 1.54) is 0 Å². The van der Waals surface area contributed by atoms with Gasteiger partial charge in [0.05, 0.1) is 0 Å². The maximum absolute atomic E-state index is 3.51. The molecule has 0 aliphatic carbocycles. The van der Waals surface area contributed by atoms with E-state index < -0.39 is 0 Å². The highest BCUT2D eigenvalue weighted by atomic mass is 13.7. The summed E-state index contributed by atoms with van der Waals surface area (Å²) in [5.74, 6) is 0. The SMILES string of the molecule is [CH2]/C=C/C([CH2])=C. The quantitative estimate of drug-likeness (QED) is 0.421. The Morgan fingerprint density at radius 3 is 2.00 bits per heavy atom. The monoisotopic (exact) mass is 80.1 g/mol. The first-order valence-corrected chi connectivity index (χ1v) is 1.74. The van der Waals surface area contributed by atoms with E-state index in [0.717, 1.165) is 5.57 Å². The van der Waals surface area contributed by atoms with Crippen LogP contribution in [0.3, 0.4) is 0 Å². The Bertz CT molecular complexity index is 68.1. The van der Waals surface area contributed by atoms with Crippen LogP contribution in [0.4, 0.5) is 0 Å². The Morgan fingerprint density at radius 2 is 2.00 bits per heavy atom. The van der Waals surface area contributed by atoms with Crippen LogP contribution in [0.25, 0.3) is 0 Å². The average molecular weight is 80.1 g/mol. The Labute approximate surface area is 39.2 Å². The smallest absolute Gasteiger partial charge is 0.0244 e. The summed E-state index contributed by atoms with van der Waals surface area (Å²) in [5, 5.41) is 0. The van der Waals surface area contributed by atoms with Crippen LogP contribution >= 0.6 is 0 Å². The van der Waals surface area contributed by atoms with Crippen molar-refractivity contribution in [1.82, 2.24) is 0 Å². The van der Waals surface area contributed by atoms with E-state index in [0.29, 0.717) is 0 Å². The lowest BCUT2D eigenvalue weighted by molar-refractivity contribution is 1.77. The molecule has 0 aromatic heterocycles. The van der Waals surface area contributed by atoms with Gasteiger partial charge in [-0.3, -0.25) is 0 Å². The van der Waals surface area contributed by atoms with Gasteiger partial charge in [0, 0.05) is 0 Å². The van der Waals surface area contributed by atoms with Crippen LogP contribution in [0.5, 0.6) is 0 Å². The summed E-state index contributed by atoms with van der Waals surface area (Å²) >= 11 is 0. The Morgan fingerprint density at radius 1 is 1.50 bits per heavy atom. The molecular formula is C6H8. The van der Waals surface area contributed by atoms with Gasteiger partial charge in [-0.1, -0.05) is 24.3 Å². The van der Waals surface area contributed by atoms with E-state index in [9.17, 15) is 0 Å². The zero-order chi connectivity index (χ0) is 4.99. The second-order valence-corrected chi connectivity index (χ2v) is 1.06. The first-order chi connectivity index (χ1) is 2.77. The molecule has 0 saturated carbocycles. The van der Waals surface area contributed by atoms with Crippen LogP contribution in [0.2, 0.25) is 0 Å². The van der Waals surface area contributed by atoms with Gasteiger partial charge in [-0.15, -0.1) is 0 Å². The lowest BCUT2D eigenvalue weighted by atomic mass is 10.3. The van der Waals surface area contributed by atoms with Gasteiger partial charge < -0.3 is 0 Å². The molecular weight excluding hydrogens is 72.1 g/mol. The molecule has 0 aromatic carbocycles. The molecule has 0 aliphatic rings. The fourth-order valence-corrected chi connectivity index (χ4v) is 0.167. The van der Waals surface area contributed by atoms with E-state index in [1.54, 1.807) is 12.2 Å². The van der Waals surface area contributed by atoms with Crippen molar-refractivity contribution in [2.24, 2.45) is 0 Å². The van der Waals surface area contributed by atoms with Crippen LogP contribution in [0, 0.1) is 13.8 Å². The fourth-order valence-electron chi connectivity index (χ4n) is 0.167. The molecule has 0 aliphatic heterocycles. The molecule has 0 unspecified atom stereocenters. The highest BCUT2D eigenvalue weighted by Crippen LogP contribution is 1.84. The van der Waals surface area contributed by atoms with E-state index in [4.69, 9.17) is 0 Å². The molecule has 0 rings (SSSR count). The first-order valence-electron chi connectivity index (χ1n) is 1.74. The lowest BCUT2D eigenvalue weighted by Gasteiger charge is -1.75. The minimum absolute atomic E-state index is 0.796. The maximum atomic E-state index is 3.51. The van der Waals surface area contributed by atoms with Gasteiger partial charge in [0.25, 0.3) is 0 Å². The van der Waals surface area contributed by atoms with Crippen LogP contribution in [0.1, 0.15) is 0 Å². The van der Waals surface area contributed by atoms with Crippen LogP contribution in [0.15, 0.2) is 24.3 Å². The van der Waals surface area contributed by atoms with E-state index in [-0.39, 0.29) is 0 Å². The third kappa shape index (κ3) is 3.48. The van der Waals surface area contributed by atoms with Gasteiger partial charge in [0.2, 0.25) is 0 Å². The summed E-state index contributed by atoms with van der Waals surface area (Å²) in [6.45, 7) is 10.5. The zero-order valence-electron chi connectivity index (χ0n) is 3.78. The minimum Gasteiger partial charge on any atom is -0.0958 e. The summed E-state index contributed by atoms with van der Waals surface area (Å²) in [6, 6.07) is 0. The predicted octanol–water partition coefficient (Wildman–Crippen LogP) is 1.77. The number of hydrogen-bond acceptors (Lipinski definition) is 0. The normalized spacial score (nSPS) is 9.67. The summed E-state index contributed by atoms with van der Waals surface area (Å²) in [5.41, 5.74) is 0.796. The number of rotatable bonds is 1. The minimum atomic E-state index is 0.796. The number of allylic oxidation sites excluding steroid dienone is 3. The Kier molecular flexibility index (Phi) is 2.47. The summed E-state index contributed by atoms with van der Waals surface area (Å²) in [6.07, 6.45) is 3.41. The Balaban J connectivity index is 3.30. The molecule has 0 amide bonds. The second kappa shape index (κ2) is 2.70. The van der Waals surface area contributed by atoms with E-state index in [1.807, 2.05) is 0 Å². The van der Waals surface area contributed by atoms with Gasteiger partial charge >= 0.3 is 0 Å². The zero-order valence-corrected chi connectivity index (χ0v) is 3.78. The molecule has 0 N–H and O–H groups in total. The summed E-state index contributed by atoms with van der Waals surface area (Å²) in [7, 11) is 0. The topological polar surface area (TPSA) is 0 Å². The lowest BCUT2D eigenvalue weighted by Crippen LogP contribution is -1.55. The number of hydrogen-bond donors (Lipinski definition) is 0. The third-order valence-electron chi connectivity index (χ3n) is 0.354.